The number of carbonyl (C=O) groups is 2. The second kappa shape index (κ2) is 8.97. The van der Waals surface area contributed by atoms with Crippen LogP contribution in [0.15, 0.2) is 36.4 Å². The number of hydrogen-bond acceptors (Lipinski definition) is 3. The van der Waals surface area contributed by atoms with E-state index in [1.807, 2.05) is 32.0 Å². The van der Waals surface area contributed by atoms with Gasteiger partial charge in [0.25, 0.3) is 11.8 Å². The van der Waals surface area contributed by atoms with Crippen LogP contribution in [0.3, 0.4) is 0 Å². The third-order valence-corrected chi connectivity index (χ3v) is 3.76. The van der Waals surface area contributed by atoms with Gasteiger partial charge in [0, 0.05) is 12.2 Å². The first-order valence-electron chi connectivity index (χ1n) is 8.64. The molecule has 0 unspecified atom stereocenters. The molecule has 1 aromatic heterocycles. The molecular weight excluding hydrogens is 314 g/mol. The lowest BCUT2D eigenvalue weighted by atomic mass is 10.1. The highest BCUT2D eigenvalue weighted by Crippen LogP contribution is 2.14. The van der Waals surface area contributed by atoms with Crippen molar-refractivity contribution in [2.45, 2.75) is 40.0 Å². The number of unbranched alkanes of at least 4 members (excludes halogenated alkanes) is 2. The number of aromatic nitrogens is 1. The summed E-state index contributed by atoms with van der Waals surface area (Å²) in [6.45, 7) is 6.68. The molecule has 2 rings (SSSR count). The summed E-state index contributed by atoms with van der Waals surface area (Å²) in [5, 5.41) is 5.66. The zero-order chi connectivity index (χ0) is 18.2. The minimum atomic E-state index is -0.328. The van der Waals surface area contributed by atoms with E-state index in [0.29, 0.717) is 6.54 Å². The van der Waals surface area contributed by atoms with E-state index in [9.17, 15) is 9.59 Å². The molecule has 5 heteroatoms. The highest BCUT2D eigenvalue weighted by Gasteiger charge is 2.12. The van der Waals surface area contributed by atoms with Gasteiger partial charge in [-0.05, 0) is 55.7 Å². The number of aryl methyl sites for hydroxylation is 2. The SMILES string of the molecule is CCCCCNC(=O)c1cccc(C(=O)Nc2cc(C)cc(C)c2)n1. The molecule has 0 atom stereocenters. The molecule has 5 nitrogen and oxygen atoms in total. The molecule has 0 aliphatic rings. The fraction of sp³-hybridized carbons (Fsp3) is 0.350. The van der Waals surface area contributed by atoms with Gasteiger partial charge in [-0.1, -0.05) is 31.9 Å². The number of carbonyl (C=O) groups excluding carboxylic acids is 2. The number of nitrogens with one attached hydrogen (secondary N) is 2. The van der Waals surface area contributed by atoms with E-state index < -0.39 is 0 Å². The molecule has 0 spiro atoms. The van der Waals surface area contributed by atoms with Crippen LogP contribution < -0.4 is 10.6 Å². The van der Waals surface area contributed by atoms with Gasteiger partial charge >= 0.3 is 0 Å². The molecule has 0 aliphatic heterocycles. The van der Waals surface area contributed by atoms with Gasteiger partial charge in [-0.25, -0.2) is 4.98 Å². The Kier molecular flexibility index (Phi) is 6.69. The zero-order valence-electron chi connectivity index (χ0n) is 15.1. The summed E-state index contributed by atoms with van der Waals surface area (Å²) < 4.78 is 0. The van der Waals surface area contributed by atoms with Crippen LogP contribution in [0.1, 0.15) is 58.3 Å². The summed E-state index contributed by atoms with van der Waals surface area (Å²) in [7, 11) is 0. The van der Waals surface area contributed by atoms with Crippen molar-refractivity contribution in [3.63, 3.8) is 0 Å². The predicted octanol–water partition coefficient (Wildman–Crippen LogP) is 3.87. The van der Waals surface area contributed by atoms with E-state index in [0.717, 1.165) is 36.1 Å². The van der Waals surface area contributed by atoms with Gasteiger partial charge in [0.05, 0.1) is 0 Å². The lowest BCUT2D eigenvalue weighted by Crippen LogP contribution is -2.26. The molecule has 25 heavy (non-hydrogen) atoms. The van der Waals surface area contributed by atoms with Crippen molar-refractivity contribution in [2.75, 3.05) is 11.9 Å². The van der Waals surface area contributed by atoms with Crippen LogP contribution >= 0.6 is 0 Å². The van der Waals surface area contributed by atoms with Gasteiger partial charge in [0.15, 0.2) is 0 Å². The van der Waals surface area contributed by atoms with Gasteiger partial charge in [0.2, 0.25) is 0 Å². The van der Waals surface area contributed by atoms with E-state index >= 15 is 0 Å². The maximum atomic E-state index is 12.4. The summed E-state index contributed by atoms with van der Waals surface area (Å²) >= 11 is 0. The minimum absolute atomic E-state index is 0.223. The normalized spacial score (nSPS) is 10.4. The van der Waals surface area contributed by atoms with Crippen LogP contribution in [0.5, 0.6) is 0 Å². The molecule has 0 radical (unpaired) electrons. The summed E-state index contributed by atoms with van der Waals surface area (Å²) in [6, 6.07) is 10.7. The number of nitrogens with zero attached hydrogens (tertiary/aromatic N) is 1. The van der Waals surface area contributed by atoms with Crippen molar-refractivity contribution < 1.29 is 9.59 Å². The van der Waals surface area contributed by atoms with Gasteiger partial charge in [0.1, 0.15) is 11.4 Å². The lowest BCUT2D eigenvalue weighted by Gasteiger charge is -2.08. The molecule has 2 amide bonds. The third kappa shape index (κ3) is 5.71. The molecule has 2 aromatic rings. The maximum absolute atomic E-state index is 12.4. The average Bonchev–Trinajstić information content (AvgIpc) is 2.57. The number of pyridine rings is 1. The fourth-order valence-corrected chi connectivity index (χ4v) is 2.60. The van der Waals surface area contributed by atoms with Crippen LogP contribution in [0.2, 0.25) is 0 Å². The number of rotatable bonds is 7. The van der Waals surface area contributed by atoms with Crippen molar-refractivity contribution in [3.8, 4) is 0 Å². The van der Waals surface area contributed by atoms with Gasteiger partial charge in [-0.15, -0.1) is 0 Å². The van der Waals surface area contributed by atoms with Crippen molar-refractivity contribution in [2.24, 2.45) is 0 Å². The highest BCUT2D eigenvalue weighted by molar-refractivity contribution is 6.03. The molecule has 0 bridgehead atoms. The van der Waals surface area contributed by atoms with E-state index in [1.165, 1.54) is 0 Å². The summed E-state index contributed by atoms with van der Waals surface area (Å²) in [5.74, 6) is -0.581. The molecule has 0 saturated heterocycles. The van der Waals surface area contributed by atoms with Crippen molar-refractivity contribution in [1.29, 1.82) is 0 Å². The highest BCUT2D eigenvalue weighted by atomic mass is 16.2. The van der Waals surface area contributed by atoms with E-state index in [2.05, 4.69) is 22.5 Å². The van der Waals surface area contributed by atoms with Gasteiger partial charge < -0.3 is 10.6 Å². The van der Waals surface area contributed by atoms with Gasteiger partial charge in [-0.3, -0.25) is 9.59 Å². The fourth-order valence-electron chi connectivity index (χ4n) is 2.60. The predicted molar refractivity (Wildman–Crippen MR) is 100.0 cm³/mol. The molecule has 0 aliphatic carbocycles. The summed E-state index contributed by atoms with van der Waals surface area (Å²) in [6.07, 6.45) is 3.11. The second-order valence-electron chi connectivity index (χ2n) is 6.20. The largest absolute Gasteiger partial charge is 0.351 e. The first kappa shape index (κ1) is 18.6. The molecular formula is C20H25N3O2. The monoisotopic (exact) mass is 339 g/mol. The number of anilines is 1. The lowest BCUT2D eigenvalue weighted by molar-refractivity contribution is 0.0948. The topological polar surface area (TPSA) is 71.1 Å². The molecule has 1 heterocycles. The Bertz CT molecular complexity index is 736. The molecule has 132 valence electrons. The first-order valence-corrected chi connectivity index (χ1v) is 8.64. The molecule has 0 saturated carbocycles. The Morgan fingerprint density at radius 1 is 0.960 bits per heavy atom. The molecule has 0 fully saturated rings. The van der Waals surface area contributed by atoms with E-state index in [4.69, 9.17) is 0 Å². The Morgan fingerprint density at radius 2 is 1.60 bits per heavy atom. The van der Waals surface area contributed by atoms with E-state index in [-0.39, 0.29) is 23.2 Å². The average molecular weight is 339 g/mol. The van der Waals surface area contributed by atoms with E-state index in [1.54, 1.807) is 18.2 Å². The van der Waals surface area contributed by atoms with Crippen molar-refractivity contribution in [1.82, 2.24) is 10.3 Å². The zero-order valence-corrected chi connectivity index (χ0v) is 15.1. The Hall–Kier alpha value is -2.69. The van der Waals surface area contributed by atoms with Crippen LogP contribution in [0, 0.1) is 13.8 Å². The third-order valence-electron chi connectivity index (χ3n) is 3.76. The standard InChI is InChI=1S/C20H25N3O2/c1-4-5-6-10-21-19(24)17-8-7-9-18(23-17)20(25)22-16-12-14(2)11-15(3)13-16/h7-9,11-13H,4-6,10H2,1-3H3,(H,21,24)(H,22,25). The van der Waals surface area contributed by atoms with Crippen LogP contribution in [0.4, 0.5) is 5.69 Å². The van der Waals surface area contributed by atoms with Crippen molar-refractivity contribution in [3.05, 3.63) is 58.9 Å². The number of amides is 2. The van der Waals surface area contributed by atoms with Gasteiger partial charge in [-0.2, -0.15) is 0 Å². The number of hydrogen-bond donors (Lipinski definition) is 2. The van der Waals surface area contributed by atoms with Crippen molar-refractivity contribution >= 4 is 17.5 Å². The Balaban J connectivity index is 2.04. The van der Waals surface area contributed by atoms with Crippen LogP contribution in [-0.4, -0.2) is 23.3 Å². The summed E-state index contributed by atoms with van der Waals surface area (Å²) in [5.41, 5.74) is 3.34. The molecule has 2 N–H and O–H groups in total. The summed E-state index contributed by atoms with van der Waals surface area (Å²) in [4.78, 5) is 28.7. The smallest absolute Gasteiger partial charge is 0.274 e. The molecule has 1 aromatic carbocycles. The second-order valence-corrected chi connectivity index (χ2v) is 6.20. The number of benzene rings is 1. The van der Waals surface area contributed by atoms with Crippen LogP contribution in [0.25, 0.3) is 0 Å². The van der Waals surface area contributed by atoms with Crippen LogP contribution in [-0.2, 0) is 0 Å². The first-order chi connectivity index (χ1) is 12.0. The maximum Gasteiger partial charge on any atom is 0.274 e. The Labute approximate surface area is 148 Å². The minimum Gasteiger partial charge on any atom is -0.351 e. The quantitative estimate of drug-likeness (QED) is 0.752. The Morgan fingerprint density at radius 3 is 2.24 bits per heavy atom.